The SMILES string of the molecule is CC1CCN(Cc2ccc(C(=O)Nc3ccc(S(=O)(=O)Nc4cccnc4)cc3)cc2)CC1. The van der Waals surface area contributed by atoms with Gasteiger partial charge in [-0.25, -0.2) is 8.42 Å². The molecule has 8 heteroatoms. The number of sulfonamides is 1. The molecule has 172 valence electrons. The number of hydrogen-bond donors (Lipinski definition) is 2. The minimum atomic E-state index is -3.74. The number of nitrogens with zero attached hydrogens (tertiary/aromatic N) is 2. The van der Waals surface area contributed by atoms with Crippen molar-refractivity contribution >= 4 is 27.3 Å². The summed E-state index contributed by atoms with van der Waals surface area (Å²) >= 11 is 0. The van der Waals surface area contributed by atoms with E-state index in [0.717, 1.165) is 25.6 Å². The highest BCUT2D eigenvalue weighted by atomic mass is 32.2. The number of benzene rings is 2. The molecule has 0 unspecified atom stereocenters. The first-order valence-electron chi connectivity index (χ1n) is 11.0. The summed E-state index contributed by atoms with van der Waals surface area (Å²) in [7, 11) is -3.74. The Morgan fingerprint density at radius 1 is 1.00 bits per heavy atom. The number of piperidine rings is 1. The van der Waals surface area contributed by atoms with Gasteiger partial charge in [-0.05, 0) is 85.9 Å². The van der Waals surface area contributed by atoms with Crippen molar-refractivity contribution < 1.29 is 13.2 Å². The fourth-order valence-corrected chi connectivity index (χ4v) is 4.84. The van der Waals surface area contributed by atoms with Gasteiger partial charge >= 0.3 is 0 Å². The predicted octanol–water partition coefficient (Wildman–Crippen LogP) is 4.37. The van der Waals surface area contributed by atoms with Gasteiger partial charge in [0.2, 0.25) is 0 Å². The van der Waals surface area contributed by atoms with Gasteiger partial charge in [-0.2, -0.15) is 0 Å². The zero-order valence-electron chi connectivity index (χ0n) is 18.6. The Labute approximate surface area is 194 Å². The van der Waals surface area contributed by atoms with Crippen LogP contribution in [0.5, 0.6) is 0 Å². The van der Waals surface area contributed by atoms with Crippen LogP contribution in [0.25, 0.3) is 0 Å². The fraction of sp³-hybridized carbons (Fsp3) is 0.280. The molecule has 2 aromatic carbocycles. The Morgan fingerprint density at radius 3 is 2.33 bits per heavy atom. The van der Waals surface area contributed by atoms with Crippen molar-refractivity contribution in [1.82, 2.24) is 9.88 Å². The molecule has 4 rings (SSSR count). The first-order valence-corrected chi connectivity index (χ1v) is 12.5. The van der Waals surface area contributed by atoms with E-state index in [2.05, 4.69) is 26.8 Å². The Bertz CT molecular complexity index is 1170. The number of nitrogens with one attached hydrogen (secondary N) is 2. The fourth-order valence-electron chi connectivity index (χ4n) is 3.80. The van der Waals surface area contributed by atoms with E-state index < -0.39 is 10.0 Å². The van der Waals surface area contributed by atoms with E-state index >= 15 is 0 Å². The molecule has 0 radical (unpaired) electrons. The third-order valence-corrected chi connectivity index (χ3v) is 7.23. The normalized spacial score (nSPS) is 15.2. The summed E-state index contributed by atoms with van der Waals surface area (Å²) in [5, 5.41) is 2.82. The molecule has 1 saturated heterocycles. The van der Waals surface area contributed by atoms with E-state index in [1.807, 2.05) is 24.3 Å². The quantitative estimate of drug-likeness (QED) is 0.542. The second-order valence-corrected chi connectivity index (χ2v) is 10.2. The van der Waals surface area contributed by atoms with Crippen molar-refractivity contribution in [1.29, 1.82) is 0 Å². The van der Waals surface area contributed by atoms with Crippen molar-refractivity contribution in [2.24, 2.45) is 5.92 Å². The lowest BCUT2D eigenvalue weighted by Gasteiger charge is -2.30. The standard InChI is InChI=1S/C25H28N4O3S/c1-19-12-15-29(16-13-19)18-20-4-6-21(7-5-20)25(30)27-22-8-10-24(11-9-22)33(31,32)28-23-3-2-14-26-17-23/h2-11,14,17,19,28H,12-13,15-16,18H2,1H3,(H,27,30). The molecule has 1 aliphatic heterocycles. The maximum atomic E-state index is 12.6. The Balaban J connectivity index is 1.34. The summed E-state index contributed by atoms with van der Waals surface area (Å²) < 4.78 is 27.5. The minimum absolute atomic E-state index is 0.0980. The maximum absolute atomic E-state index is 12.6. The molecular formula is C25H28N4O3S. The van der Waals surface area contributed by atoms with Gasteiger partial charge in [-0.1, -0.05) is 19.1 Å². The van der Waals surface area contributed by atoms with Crippen LogP contribution in [0.15, 0.2) is 78.0 Å². The van der Waals surface area contributed by atoms with E-state index in [1.165, 1.54) is 36.7 Å². The van der Waals surface area contributed by atoms with Gasteiger partial charge in [0.05, 0.1) is 16.8 Å². The molecule has 0 saturated carbocycles. The molecule has 0 bridgehead atoms. The average Bonchev–Trinajstić information content (AvgIpc) is 2.82. The molecule has 2 N–H and O–H groups in total. The molecule has 0 aliphatic carbocycles. The largest absolute Gasteiger partial charge is 0.322 e. The summed E-state index contributed by atoms with van der Waals surface area (Å²) in [5.74, 6) is 0.566. The van der Waals surface area contributed by atoms with Crippen LogP contribution in [0, 0.1) is 5.92 Å². The highest BCUT2D eigenvalue weighted by Crippen LogP contribution is 2.20. The van der Waals surface area contributed by atoms with Gasteiger partial charge in [-0.15, -0.1) is 0 Å². The maximum Gasteiger partial charge on any atom is 0.261 e. The summed E-state index contributed by atoms with van der Waals surface area (Å²) in [6, 6.07) is 17.0. The molecule has 2 heterocycles. The number of hydrogen-bond acceptors (Lipinski definition) is 5. The number of carbonyl (C=O) groups excluding carboxylic acids is 1. The van der Waals surface area contributed by atoms with Crippen LogP contribution < -0.4 is 10.0 Å². The molecule has 7 nitrogen and oxygen atoms in total. The highest BCUT2D eigenvalue weighted by molar-refractivity contribution is 7.92. The molecule has 0 atom stereocenters. The topological polar surface area (TPSA) is 91.4 Å². The first kappa shape index (κ1) is 22.9. The zero-order valence-corrected chi connectivity index (χ0v) is 19.4. The number of rotatable bonds is 7. The lowest BCUT2D eigenvalue weighted by molar-refractivity contribution is 0.102. The summed E-state index contributed by atoms with van der Waals surface area (Å²) in [6.45, 7) is 5.44. The van der Waals surface area contributed by atoms with Gasteiger partial charge in [0, 0.05) is 24.0 Å². The second-order valence-electron chi connectivity index (χ2n) is 8.48. The van der Waals surface area contributed by atoms with E-state index in [9.17, 15) is 13.2 Å². The zero-order chi connectivity index (χ0) is 23.3. The Hall–Kier alpha value is -3.23. The van der Waals surface area contributed by atoms with E-state index in [1.54, 1.807) is 30.5 Å². The minimum Gasteiger partial charge on any atom is -0.322 e. The molecule has 33 heavy (non-hydrogen) atoms. The lowest BCUT2D eigenvalue weighted by Crippen LogP contribution is -2.32. The van der Waals surface area contributed by atoms with E-state index in [0.29, 0.717) is 16.9 Å². The molecule has 1 aromatic heterocycles. The first-order chi connectivity index (χ1) is 15.9. The second kappa shape index (κ2) is 10.1. The van der Waals surface area contributed by atoms with Gasteiger partial charge in [0.15, 0.2) is 0 Å². The highest BCUT2D eigenvalue weighted by Gasteiger charge is 2.17. The monoisotopic (exact) mass is 464 g/mol. The smallest absolute Gasteiger partial charge is 0.261 e. The third kappa shape index (κ3) is 6.18. The molecule has 1 fully saturated rings. The third-order valence-electron chi connectivity index (χ3n) is 5.83. The van der Waals surface area contributed by atoms with E-state index in [4.69, 9.17) is 0 Å². The number of anilines is 2. The van der Waals surface area contributed by atoms with Crippen molar-refractivity contribution in [3.05, 3.63) is 84.2 Å². The van der Waals surface area contributed by atoms with Crippen molar-refractivity contribution in [3.8, 4) is 0 Å². The van der Waals surface area contributed by atoms with Crippen LogP contribution in [-0.4, -0.2) is 37.3 Å². The molecular weight excluding hydrogens is 436 g/mol. The summed E-state index contributed by atoms with van der Waals surface area (Å²) in [5.41, 5.74) is 2.65. The van der Waals surface area contributed by atoms with Gasteiger partial charge < -0.3 is 5.32 Å². The number of carbonyl (C=O) groups is 1. The summed E-state index contributed by atoms with van der Waals surface area (Å²) in [4.78, 5) is 19.1. The Morgan fingerprint density at radius 2 is 1.70 bits per heavy atom. The van der Waals surface area contributed by atoms with Gasteiger partial charge in [0.25, 0.3) is 15.9 Å². The van der Waals surface area contributed by atoms with Crippen molar-refractivity contribution in [2.75, 3.05) is 23.1 Å². The Kier molecular flexibility index (Phi) is 7.05. The number of aromatic nitrogens is 1. The van der Waals surface area contributed by atoms with Crippen LogP contribution >= 0.6 is 0 Å². The van der Waals surface area contributed by atoms with Crippen molar-refractivity contribution in [2.45, 2.75) is 31.2 Å². The molecule has 3 aromatic rings. The van der Waals surface area contributed by atoms with Crippen LogP contribution in [0.4, 0.5) is 11.4 Å². The van der Waals surface area contributed by atoms with Crippen molar-refractivity contribution in [3.63, 3.8) is 0 Å². The number of pyridine rings is 1. The van der Waals surface area contributed by atoms with Crippen LogP contribution in [0.1, 0.15) is 35.7 Å². The van der Waals surface area contributed by atoms with Crippen LogP contribution in [-0.2, 0) is 16.6 Å². The number of likely N-dealkylation sites (tertiary alicyclic amines) is 1. The van der Waals surface area contributed by atoms with Crippen LogP contribution in [0.2, 0.25) is 0 Å². The lowest BCUT2D eigenvalue weighted by atomic mass is 9.99. The predicted molar refractivity (Wildman–Crippen MR) is 130 cm³/mol. The van der Waals surface area contributed by atoms with Gasteiger partial charge in [0.1, 0.15) is 0 Å². The summed E-state index contributed by atoms with van der Waals surface area (Å²) in [6.07, 6.45) is 5.47. The molecule has 1 aliphatic rings. The van der Waals surface area contributed by atoms with E-state index in [-0.39, 0.29) is 10.8 Å². The molecule has 1 amide bonds. The van der Waals surface area contributed by atoms with Crippen LogP contribution in [0.3, 0.4) is 0 Å². The molecule has 0 spiro atoms. The number of amides is 1. The average molecular weight is 465 g/mol. The van der Waals surface area contributed by atoms with Gasteiger partial charge in [-0.3, -0.25) is 19.4 Å².